The van der Waals surface area contributed by atoms with Crippen molar-refractivity contribution >= 4 is 52.7 Å². The fourth-order valence-electron chi connectivity index (χ4n) is 5.28. The average molecular weight is 661 g/mol. The predicted octanol–water partition coefficient (Wildman–Crippen LogP) is 3.78. The smallest absolute Gasteiger partial charge is 0.410 e. The van der Waals surface area contributed by atoms with Gasteiger partial charge in [0.2, 0.25) is 0 Å². The third kappa shape index (κ3) is 7.14. The number of carbonyl (C=O) groups is 9. The number of Topliss-reactive ketones (excluding diaryl/α,β-unsaturated/α-hetero) is 6. The molecule has 4 rings (SSSR count). The number of carbonyl (C=O) groups excluding carboxylic acids is 9. The van der Waals surface area contributed by atoms with Crippen molar-refractivity contribution in [2.24, 2.45) is 11.8 Å². The van der Waals surface area contributed by atoms with E-state index in [1.54, 1.807) is 41.5 Å². The van der Waals surface area contributed by atoms with E-state index < -0.39 is 88.8 Å². The summed E-state index contributed by atoms with van der Waals surface area (Å²) in [6, 6.07) is 7.47. The Labute approximate surface area is 276 Å². The lowest BCUT2D eigenvalue weighted by molar-refractivity contribution is -0.122. The molecule has 0 saturated heterocycles. The van der Waals surface area contributed by atoms with Crippen LogP contribution in [-0.2, 0) is 19.1 Å². The summed E-state index contributed by atoms with van der Waals surface area (Å²) in [6.07, 6.45) is -1.62. The summed E-state index contributed by atoms with van der Waals surface area (Å²) < 4.78 is 10.4. The van der Waals surface area contributed by atoms with E-state index in [9.17, 15) is 43.2 Å². The Hall–Kier alpha value is -5.33. The van der Waals surface area contributed by atoms with E-state index in [0.29, 0.717) is 0 Å². The van der Waals surface area contributed by atoms with Gasteiger partial charge in [0.1, 0.15) is 23.0 Å². The summed E-state index contributed by atoms with van der Waals surface area (Å²) in [5, 5.41) is 0. The average Bonchev–Trinajstić information content (AvgIpc) is 3.37. The van der Waals surface area contributed by atoms with Gasteiger partial charge in [0, 0.05) is 47.5 Å². The van der Waals surface area contributed by atoms with Gasteiger partial charge < -0.3 is 19.3 Å². The van der Waals surface area contributed by atoms with Crippen molar-refractivity contribution in [2.45, 2.75) is 52.7 Å². The predicted molar refractivity (Wildman–Crippen MR) is 168 cm³/mol. The first-order chi connectivity index (χ1) is 22.1. The largest absolute Gasteiger partial charge is 0.444 e. The molecule has 2 unspecified atom stereocenters. The van der Waals surface area contributed by atoms with Crippen molar-refractivity contribution in [3.63, 3.8) is 0 Å². The van der Waals surface area contributed by atoms with E-state index >= 15 is 0 Å². The van der Waals surface area contributed by atoms with Crippen molar-refractivity contribution in [1.29, 1.82) is 0 Å². The molecule has 0 N–H and O–H groups in total. The molecule has 0 spiro atoms. The van der Waals surface area contributed by atoms with E-state index in [4.69, 9.17) is 9.47 Å². The SMILES string of the molecule is CN(CC(=O)C1C(=O)c2ccc(C(=O)c3ccc4c(c3)C(=O)C(C(=O)CN(C)C(=O)OC(C)(C)C)C4=O)cc2C1=O)C(=O)OC(C)(C)C. The zero-order chi connectivity index (χ0) is 36.0. The number of amides is 2. The van der Waals surface area contributed by atoms with Gasteiger partial charge in [0.15, 0.2) is 40.5 Å². The van der Waals surface area contributed by atoms with Crippen LogP contribution in [0.15, 0.2) is 36.4 Å². The number of nitrogens with zero attached hydrogens (tertiary/aromatic N) is 2. The highest BCUT2D eigenvalue weighted by Crippen LogP contribution is 2.32. The second-order valence-corrected chi connectivity index (χ2v) is 13.8. The van der Waals surface area contributed by atoms with E-state index in [1.165, 1.54) is 50.5 Å². The molecule has 0 aliphatic heterocycles. The lowest BCUT2D eigenvalue weighted by atomic mass is 9.96. The Morgan fingerprint density at radius 2 is 0.875 bits per heavy atom. The topological polar surface area (TPSA) is 179 Å². The van der Waals surface area contributed by atoms with E-state index in [0.717, 1.165) is 9.80 Å². The number of rotatable bonds is 8. The van der Waals surface area contributed by atoms with Crippen LogP contribution in [0.1, 0.15) is 98.9 Å². The van der Waals surface area contributed by atoms with Crippen LogP contribution in [-0.4, -0.2) is 101 Å². The molecule has 13 heteroatoms. The quantitative estimate of drug-likeness (QED) is 0.297. The maximum Gasteiger partial charge on any atom is 0.410 e. The first kappa shape index (κ1) is 35.5. The fraction of sp³-hybridized carbons (Fsp3) is 0.400. The van der Waals surface area contributed by atoms with Gasteiger partial charge in [-0.05, 0) is 65.8 Å². The molecule has 0 fully saturated rings. The molecule has 2 aromatic carbocycles. The summed E-state index contributed by atoms with van der Waals surface area (Å²) in [5.41, 5.74) is -2.10. The second-order valence-electron chi connectivity index (χ2n) is 13.8. The molecule has 2 amide bonds. The Balaban J connectivity index is 1.50. The molecule has 0 saturated carbocycles. The fourth-order valence-corrected chi connectivity index (χ4v) is 5.28. The van der Waals surface area contributed by atoms with Crippen LogP contribution in [0.5, 0.6) is 0 Å². The summed E-state index contributed by atoms with van der Waals surface area (Å²) in [7, 11) is 2.60. The zero-order valence-corrected chi connectivity index (χ0v) is 27.9. The Kier molecular flexibility index (Phi) is 9.40. The van der Waals surface area contributed by atoms with Crippen LogP contribution in [0.25, 0.3) is 0 Å². The van der Waals surface area contributed by atoms with Crippen molar-refractivity contribution in [3.05, 3.63) is 69.8 Å². The third-order valence-electron chi connectivity index (χ3n) is 7.51. The molecule has 0 bridgehead atoms. The van der Waals surface area contributed by atoms with Gasteiger partial charge in [-0.2, -0.15) is 0 Å². The molecule has 48 heavy (non-hydrogen) atoms. The van der Waals surface area contributed by atoms with Crippen LogP contribution < -0.4 is 0 Å². The second kappa shape index (κ2) is 12.7. The Morgan fingerprint density at radius 3 is 1.19 bits per heavy atom. The van der Waals surface area contributed by atoms with Crippen LogP contribution in [0, 0.1) is 11.8 Å². The van der Waals surface area contributed by atoms with E-state index in [2.05, 4.69) is 0 Å². The molecule has 2 atom stereocenters. The highest BCUT2D eigenvalue weighted by atomic mass is 16.6. The van der Waals surface area contributed by atoms with Crippen LogP contribution in [0.4, 0.5) is 9.59 Å². The Morgan fingerprint density at radius 1 is 0.562 bits per heavy atom. The molecule has 0 aromatic heterocycles. The molecule has 252 valence electrons. The van der Waals surface area contributed by atoms with Gasteiger partial charge in [0.25, 0.3) is 0 Å². The lowest BCUT2D eigenvalue weighted by Gasteiger charge is -2.24. The third-order valence-corrected chi connectivity index (χ3v) is 7.51. The first-order valence-electron chi connectivity index (χ1n) is 15.0. The molecule has 2 aromatic rings. The summed E-state index contributed by atoms with van der Waals surface area (Å²) in [4.78, 5) is 118. The van der Waals surface area contributed by atoms with Crippen LogP contribution >= 0.6 is 0 Å². The monoisotopic (exact) mass is 660 g/mol. The summed E-state index contributed by atoms with van der Waals surface area (Å²) in [5.74, 6) is -8.82. The lowest BCUT2D eigenvalue weighted by Crippen LogP contribution is -2.40. The highest BCUT2D eigenvalue weighted by Gasteiger charge is 2.45. The van der Waals surface area contributed by atoms with Crippen molar-refractivity contribution in [3.8, 4) is 0 Å². The number of likely N-dealkylation sites (N-methyl/N-ethyl adjacent to an activating group) is 2. The zero-order valence-electron chi connectivity index (χ0n) is 27.9. The number of ether oxygens (including phenoxy) is 2. The molecule has 0 heterocycles. The molecule has 2 aliphatic carbocycles. The van der Waals surface area contributed by atoms with E-state index in [-0.39, 0.29) is 33.4 Å². The minimum atomic E-state index is -1.69. The molecular weight excluding hydrogens is 624 g/mol. The van der Waals surface area contributed by atoms with Gasteiger partial charge >= 0.3 is 12.2 Å². The van der Waals surface area contributed by atoms with Crippen LogP contribution in [0.3, 0.4) is 0 Å². The number of benzene rings is 2. The molecular formula is C35H36N2O11. The first-order valence-corrected chi connectivity index (χ1v) is 15.0. The van der Waals surface area contributed by atoms with Crippen molar-refractivity contribution < 1.29 is 52.6 Å². The Bertz CT molecular complexity index is 1680. The standard InChI is InChI=1S/C35H36N2O11/c1-34(2,3)47-32(45)36(7)15-23(38)25-28(41)19-11-9-17(13-21(19)30(25)43)27(40)18-10-12-20-22(14-18)31(44)26(29(20)42)24(39)16-37(8)33(46)48-35(4,5)6/h9-14,25-26H,15-16H2,1-8H3. The maximum absolute atomic E-state index is 13.5. The maximum atomic E-state index is 13.5. The van der Waals surface area contributed by atoms with Crippen LogP contribution in [0.2, 0.25) is 0 Å². The van der Waals surface area contributed by atoms with Gasteiger partial charge in [-0.3, -0.25) is 33.6 Å². The normalized spacial score (nSPS) is 17.1. The summed E-state index contributed by atoms with van der Waals surface area (Å²) in [6.45, 7) is 8.77. The molecule has 0 radical (unpaired) electrons. The van der Waals surface area contributed by atoms with Gasteiger partial charge in [-0.1, -0.05) is 12.1 Å². The van der Waals surface area contributed by atoms with Gasteiger partial charge in [0.05, 0.1) is 13.1 Å². The number of hydrogen-bond donors (Lipinski definition) is 0. The minimum absolute atomic E-state index is 0.0304. The van der Waals surface area contributed by atoms with E-state index in [1.807, 2.05) is 0 Å². The number of ketones is 7. The molecule has 2 aliphatic rings. The highest BCUT2D eigenvalue weighted by molar-refractivity contribution is 6.37. The van der Waals surface area contributed by atoms with Gasteiger partial charge in [-0.15, -0.1) is 0 Å². The minimum Gasteiger partial charge on any atom is -0.444 e. The summed E-state index contributed by atoms with van der Waals surface area (Å²) >= 11 is 0. The van der Waals surface area contributed by atoms with Gasteiger partial charge in [-0.25, -0.2) is 9.59 Å². The number of hydrogen-bond acceptors (Lipinski definition) is 11. The van der Waals surface area contributed by atoms with Crippen molar-refractivity contribution in [2.75, 3.05) is 27.2 Å². The molecule has 13 nitrogen and oxygen atoms in total. The van der Waals surface area contributed by atoms with Crippen molar-refractivity contribution in [1.82, 2.24) is 9.80 Å². The number of fused-ring (bicyclic) bond motifs is 2.